The molecule has 0 saturated carbocycles. The molecule has 1 aliphatic heterocycles. The van der Waals surface area contributed by atoms with E-state index in [1.807, 2.05) is 13.8 Å². The maximum absolute atomic E-state index is 13.7. The van der Waals surface area contributed by atoms with Crippen LogP contribution in [0.5, 0.6) is 11.5 Å². The maximum atomic E-state index is 13.7. The van der Waals surface area contributed by atoms with Crippen molar-refractivity contribution in [1.82, 2.24) is 0 Å². The van der Waals surface area contributed by atoms with Gasteiger partial charge in [0.2, 0.25) is 5.60 Å². The average Bonchev–Trinajstić information content (AvgIpc) is 2.60. The summed E-state index contributed by atoms with van der Waals surface area (Å²) in [6.45, 7) is 5.80. The van der Waals surface area contributed by atoms with Gasteiger partial charge >= 0.3 is 12.1 Å². The van der Waals surface area contributed by atoms with E-state index in [0.29, 0.717) is 18.3 Å². The molecule has 0 spiro atoms. The van der Waals surface area contributed by atoms with Crippen molar-refractivity contribution in [2.45, 2.75) is 51.8 Å². The van der Waals surface area contributed by atoms with E-state index in [9.17, 15) is 23.1 Å². The van der Waals surface area contributed by atoms with Gasteiger partial charge in [-0.05, 0) is 30.5 Å². The van der Waals surface area contributed by atoms with E-state index < -0.39 is 29.7 Å². The first kappa shape index (κ1) is 20.1. The molecule has 0 aliphatic carbocycles. The first-order chi connectivity index (χ1) is 12.2. The molecule has 1 aliphatic rings. The van der Waals surface area contributed by atoms with Crippen LogP contribution in [0.3, 0.4) is 0 Å². The van der Waals surface area contributed by atoms with Gasteiger partial charge in [-0.25, -0.2) is 4.79 Å². The molecule has 26 heavy (non-hydrogen) atoms. The van der Waals surface area contributed by atoms with Gasteiger partial charge in [0, 0.05) is 11.6 Å². The van der Waals surface area contributed by atoms with Crippen LogP contribution in [0.15, 0.2) is 23.8 Å². The monoisotopic (exact) mass is 372 g/mol. The second-order valence-corrected chi connectivity index (χ2v) is 6.34. The number of carboxylic acids is 1. The lowest BCUT2D eigenvalue weighted by Gasteiger charge is -2.38. The summed E-state index contributed by atoms with van der Waals surface area (Å²) >= 11 is 0. The van der Waals surface area contributed by atoms with Crippen LogP contribution in [0, 0.1) is 5.92 Å². The van der Waals surface area contributed by atoms with E-state index in [2.05, 4.69) is 0 Å². The highest BCUT2D eigenvalue weighted by molar-refractivity contribution is 5.96. The molecule has 0 amide bonds. The Morgan fingerprint density at radius 3 is 2.42 bits per heavy atom. The molecule has 0 bridgehead atoms. The first-order valence-corrected chi connectivity index (χ1v) is 8.66. The largest absolute Gasteiger partial charge is 0.493 e. The second kappa shape index (κ2) is 7.60. The van der Waals surface area contributed by atoms with Gasteiger partial charge in [0.1, 0.15) is 11.5 Å². The maximum Gasteiger partial charge on any atom is 0.432 e. The normalized spacial score (nSPS) is 19.6. The van der Waals surface area contributed by atoms with Gasteiger partial charge in [-0.15, -0.1) is 0 Å². The van der Waals surface area contributed by atoms with Crippen molar-refractivity contribution in [3.63, 3.8) is 0 Å². The molecule has 2 rings (SSSR count). The number of hydrogen-bond acceptors (Lipinski definition) is 3. The zero-order valence-electron chi connectivity index (χ0n) is 15.0. The highest BCUT2D eigenvalue weighted by atomic mass is 19.4. The molecule has 0 saturated heterocycles. The fraction of sp³-hybridized carbons (Fsp3) is 0.526. The summed E-state index contributed by atoms with van der Waals surface area (Å²) in [6.07, 6.45) is -2.50. The van der Waals surface area contributed by atoms with Gasteiger partial charge < -0.3 is 14.6 Å². The van der Waals surface area contributed by atoms with Crippen molar-refractivity contribution in [1.29, 1.82) is 0 Å². The van der Waals surface area contributed by atoms with E-state index in [0.717, 1.165) is 18.9 Å². The molecular weight excluding hydrogens is 349 g/mol. The Morgan fingerprint density at radius 1 is 1.27 bits per heavy atom. The van der Waals surface area contributed by atoms with Gasteiger partial charge in [0.25, 0.3) is 0 Å². The Hall–Kier alpha value is -2.18. The lowest BCUT2D eigenvalue weighted by atomic mass is 9.86. The number of ether oxygens (including phenoxy) is 2. The van der Waals surface area contributed by atoms with Crippen molar-refractivity contribution in [3.05, 3.63) is 29.3 Å². The second-order valence-electron chi connectivity index (χ2n) is 6.34. The number of fused-ring (bicyclic) bond motifs is 1. The Labute approximate surface area is 150 Å². The molecule has 4 nitrogen and oxygen atoms in total. The molecule has 1 N–H and O–H groups in total. The number of halogens is 3. The van der Waals surface area contributed by atoms with E-state index in [-0.39, 0.29) is 11.3 Å². The summed E-state index contributed by atoms with van der Waals surface area (Å²) in [6, 6.07) is 4.51. The van der Waals surface area contributed by atoms with Crippen molar-refractivity contribution >= 4 is 12.0 Å². The van der Waals surface area contributed by atoms with Crippen molar-refractivity contribution in [2.75, 3.05) is 6.61 Å². The van der Waals surface area contributed by atoms with Crippen molar-refractivity contribution in [2.24, 2.45) is 5.92 Å². The van der Waals surface area contributed by atoms with Gasteiger partial charge in [-0.2, -0.15) is 13.2 Å². The summed E-state index contributed by atoms with van der Waals surface area (Å²) < 4.78 is 52.0. The third-order valence-electron chi connectivity index (χ3n) is 4.83. The topological polar surface area (TPSA) is 55.8 Å². The van der Waals surface area contributed by atoms with Crippen LogP contribution in [0.4, 0.5) is 13.2 Å². The van der Waals surface area contributed by atoms with E-state index in [1.165, 1.54) is 19.1 Å². The minimum Gasteiger partial charge on any atom is -0.493 e. The lowest BCUT2D eigenvalue weighted by Crippen LogP contribution is -2.54. The third-order valence-corrected chi connectivity index (χ3v) is 4.83. The zero-order valence-corrected chi connectivity index (χ0v) is 15.0. The average molecular weight is 372 g/mol. The van der Waals surface area contributed by atoms with Crippen LogP contribution in [-0.2, 0) is 4.79 Å². The number of hydrogen-bond donors (Lipinski definition) is 1. The molecule has 7 heteroatoms. The van der Waals surface area contributed by atoms with Crippen LogP contribution in [0.1, 0.15) is 45.6 Å². The number of carboxylic acid groups (broad SMARTS) is 1. The molecular formula is C19H23F3O4. The van der Waals surface area contributed by atoms with Crippen LogP contribution in [0.2, 0.25) is 0 Å². The quantitative estimate of drug-likeness (QED) is 0.726. The van der Waals surface area contributed by atoms with Gasteiger partial charge in [0.05, 0.1) is 12.2 Å². The Balaban J connectivity index is 2.40. The number of carbonyl (C=O) groups is 1. The van der Waals surface area contributed by atoms with E-state index >= 15 is 0 Å². The molecule has 1 atom stereocenters. The lowest BCUT2D eigenvalue weighted by molar-refractivity contribution is -0.236. The molecule has 0 radical (unpaired) electrons. The van der Waals surface area contributed by atoms with Gasteiger partial charge in [-0.1, -0.05) is 33.6 Å². The number of benzene rings is 1. The molecule has 0 fully saturated rings. The Kier molecular flexibility index (Phi) is 5.88. The van der Waals surface area contributed by atoms with Crippen molar-refractivity contribution < 1.29 is 32.5 Å². The Morgan fingerprint density at radius 2 is 1.92 bits per heavy atom. The first-order valence-electron chi connectivity index (χ1n) is 8.66. The molecule has 1 aromatic carbocycles. The fourth-order valence-electron chi connectivity index (χ4n) is 2.97. The molecule has 1 unspecified atom stereocenters. The zero-order chi connectivity index (χ0) is 19.5. The van der Waals surface area contributed by atoms with E-state index in [4.69, 9.17) is 9.47 Å². The summed E-state index contributed by atoms with van der Waals surface area (Å²) in [5.74, 6) is -0.925. The number of aliphatic carboxylic acids is 1. The van der Waals surface area contributed by atoms with Crippen LogP contribution < -0.4 is 9.47 Å². The van der Waals surface area contributed by atoms with Crippen molar-refractivity contribution in [3.8, 4) is 11.5 Å². The summed E-state index contributed by atoms with van der Waals surface area (Å²) in [5, 5.41) is 9.28. The Bertz CT molecular complexity index is 693. The minimum absolute atomic E-state index is 0.0313. The highest BCUT2D eigenvalue weighted by Crippen LogP contribution is 2.47. The standard InChI is InChI=1S/C19H23F3O4/c1-4-12(5-2)11-25-14-8-7-13-9-15(17(23)24)18(6-3,19(20,21)22)26-16(13)10-14/h7-10,12H,4-6,11H2,1-3H3,(H,23,24). The predicted molar refractivity (Wildman–Crippen MR) is 91.3 cm³/mol. The summed E-state index contributed by atoms with van der Waals surface area (Å²) in [4.78, 5) is 11.4. The van der Waals surface area contributed by atoms with Crippen LogP contribution >= 0.6 is 0 Å². The fourth-order valence-corrected chi connectivity index (χ4v) is 2.97. The molecule has 0 aromatic heterocycles. The smallest absolute Gasteiger partial charge is 0.432 e. The number of rotatable bonds is 7. The third kappa shape index (κ3) is 3.66. The summed E-state index contributed by atoms with van der Waals surface area (Å²) in [5.41, 5.74) is -3.41. The SMILES string of the molecule is CCC(CC)COc1ccc2c(c1)OC(CC)(C(F)(F)F)C(C(=O)O)=C2. The molecule has 1 heterocycles. The summed E-state index contributed by atoms with van der Waals surface area (Å²) in [7, 11) is 0. The minimum atomic E-state index is -4.87. The van der Waals surface area contributed by atoms with Gasteiger partial charge in [0.15, 0.2) is 0 Å². The van der Waals surface area contributed by atoms with E-state index in [1.54, 1.807) is 6.07 Å². The van der Waals surface area contributed by atoms with Crippen LogP contribution in [-0.4, -0.2) is 29.5 Å². The van der Waals surface area contributed by atoms with Gasteiger partial charge in [-0.3, -0.25) is 0 Å². The number of alkyl halides is 3. The highest BCUT2D eigenvalue weighted by Gasteiger charge is 2.61. The predicted octanol–water partition coefficient (Wildman–Crippen LogP) is 5.07. The van der Waals surface area contributed by atoms with Crippen LogP contribution in [0.25, 0.3) is 6.08 Å². The molecule has 1 aromatic rings. The molecule has 144 valence electrons.